The summed E-state index contributed by atoms with van der Waals surface area (Å²) in [5.74, 6) is 2.87. The highest BCUT2D eigenvalue weighted by molar-refractivity contribution is 5.79. The lowest BCUT2D eigenvalue weighted by Crippen LogP contribution is -2.09. The molecule has 0 aliphatic carbocycles. The molecule has 2 rings (SSSR count). The van der Waals surface area contributed by atoms with Crippen LogP contribution < -0.4 is 20.5 Å². The topological polar surface area (TPSA) is 95.2 Å². The average molecular weight is 315 g/mol. The number of methoxy groups -OCH3 is 2. The molecule has 0 bridgehead atoms. The number of benzene rings is 1. The molecule has 0 radical (unpaired) electrons. The van der Waals surface area contributed by atoms with Crippen molar-refractivity contribution in [3.05, 3.63) is 41.1 Å². The highest BCUT2D eigenvalue weighted by Gasteiger charge is 2.15. The van der Waals surface area contributed by atoms with Gasteiger partial charge in [0.25, 0.3) is 0 Å². The zero-order valence-corrected chi connectivity index (χ0v) is 14.0. The summed E-state index contributed by atoms with van der Waals surface area (Å²) >= 11 is 0. The molecule has 0 saturated carbocycles. The van der Waals surface area contributed by atoms with E-state index in [2.05, 4.69) is 20.3 Å². The number of aryl methyl sites for hydroxylation is 1. The van der Waals surface area contributed by atoms with E-state index in [4.69, 9.17) is 15.2 Å². The van der Waals surface area contributed by atoms with Crippen molar-refractivity contribution >= 4 is 11.5 Å². The summed E-state index contributed by atoms with van der Waals surface area (Å²) in [7, 11) is 4.94. The number of anilines is 1. The van der Waals surface area contributed by atoms with Crippen molar-refractivity contribution in [1.29, 1.82) is 0 Å². The van der Waals surface area contributed by atoms with Gasteiger partial charge in [-0.25, -0.2) is 4.98 Å². The Labute approximate surface area is 135 Å². The second-order valence-electron chi connectivity index (χ2n) is 4.91. The molecule has 2 aromatic rings. The molecule has 1 heterocycles. The molecular weight excluding hydrogens is 294 g/mol. The summed E-state index contributed by atoms with van der Waals surface area (Å²) in [4.78, 5) is 13.0. The smallest absolute Gasteiger partial charge is 0.226 e. The van der Waals surface area contributed by atoms with Gasteiger partial charge in [-0.2, -0.15) is 9.97 Å². The molecular formula is C16H21N5O2. The lowest BCUT2D eigenvalue weighted by molar-refractivity contribution is 0.355. The van der Waals surface area contributed by atoms with Gasteiger partial charge in [0, 0.05) is 18.3 Å². The maximum atomic E-state index is 6.09. The molecule has 23 heavy (non-hydrogen) atoms. The molecule has 1 aromatic carbocycles. The van der Waals surface area contributed by atoms with Crippen LogP contribution >= 0.6 is 0 Å². The van der Waals surface area contributed by atoms with E-state index in [9.17, 15) is 0 Å². The van der Waals surface area contributed by atoms with Crippen LogP contribution in [0.4, 0.5) is 5.95 Å². The Kier molecular flexibility index (Phi) is 5.00. The van der Waals surface area contributed by atoms with Gasteiger partial charge in [0.05, 0.1) is 14.2 Å². The van der Waals surface area contributed by atoms with Crippen molar-refractivity contribution in [3.63, 3.8) is 0 Å². The van der Waals surface area contributed by atoms with E-state index >= 15 is 0 Å². The van der Waals surface area contributed by atoms with Gasteiger partial charge >= 0.3 is 0 Å². The fourth-order valence-corrected chi connectivity index (χ4v) is 2.23. The first kappa shape index (κ1) is 16.5. The van der Waals surface area contributed by atoms with Crippen molar-refractivity contribution < 1.29 is 9.47 Å². The molecule has 7 nitrogen and oxygen atoms in total. The molecule has 0 aliphatic rings. The molecule has 0 atom stereocenters. The number of rotatable bonds is 5. The van der Waals surface area contributed by atoms with Crippen LogP contribution in [0.15, 0.2) is 23.9 Å². The van der Waals surface area contributed by atoms with Gasteiger partial charge in [0.15, 0.2) is 17.3 Å². The normalized spacial score (nSPS) is 11.7. The second-order valence-corrected chi connectivity index (χ2v) is 4.91. The number of hydrogen-bond donors (Lipinski definition) is 2. The molecule has 1 aromatic heterocycles. The van der Waals surface area contributed by atoms with E-state index in [1.807, 2.05) is 32.0 Å². The minimum atomic E-state index is 0.492. The van der Waals surface area contributed by atoms with Gasteiger partial charge in [0.1, 0.15) is 5.82 Å². The molecule has 0 spiro atoms. The molecule has 0 amide bonds. The summed E-state index contributed by atoms with van der Waals surface area (Å²) in [5, 5.41) is 2.92. The van der Waals surface area contributed by atoms with Crippen molar-refractivity contribution in [2.45, 2.75) is 13.8 Å². The lowest BCUT2D eigenvalue weighted by atomic mass is 10.0. The molecule has 0 aliphatic heterocycles. The summed E-state index contributed by atoms with van der Waals surface area (Å²) in [6, 6.07) is 5.57. The number of allylic oxidation sites excluding steroid dienone is 1. The number of hydrogen-bond acceptors (Lipinski definition) is 7. The zero-order chi connectivity index (χ0) is 17.0. The first-order valence-corrected chi connectivity index (χ1v) is 7.09. The Morgan fingerprint density at radius 2 is 1.78 bits per heavy atom. The van der Waals surface area contributed by atoms with Crippen LogP contribution in [0.5, 0.6) is 11.5 Å². The van der Waals surface area contributed by atoms with Gasteiger partial charge in [-0.15, -0.1) is 0 Å². The Hall–Kier alpha value is -2.83. The number of nitrogens with two attached hydrogens (primary N) is 1. The van der Waals surface area contributed by atoms with Crippen molar-refractivity contribution in [3.8, 4) is 11.5 Å². The van der Waals surface area contributed by atoms with Crippen LogP contribution in [-0.2, 0) is 0 Å². The van der Waals surface area contributed by atoms with E-state index in [0.29, 0.717) is 34.8 Å². The molecule has 0 fully saturated rings. The van der Waals surface area contributed by atoms with E-state index in [1.165, 1.54) is 0 Å². The maximum Gasteiger partial charge on any atom is 0.226 e. The second kappa shape index (κ2) is 6.95. The highest BCUT2D eigenvalue weighted by atomic mass is 16.5. The number of nitrogens with zero attached hydrogens (tertiary/aromatic N) is 3. The predicted molar refractivity (Wildman–Crippen MR) is 89.5 cm³/mol. The minimum Gasteiger partial charge on any atom is -0.493 e. The van der Waals surface area contributed by atoms with Crippen LogP contribution in [0.3, 0.4) is 0 Å². The summed E-state index contributed by atoms with van der Waals surface area (Å²) in [6.07, 6.45) is 0. The van der Waals surface area contributed by atoms with E-state index in [1.54, 1.807) is 21.3 Å². The SMILES string of the molecule is CNc1nc(C)nc(C(=C(C)N)c2ccc(OC)c(OC)c2)n1. The van der Waals surface area contributed by atoms with Crippen LogP contribution in [-0.4, -0.2) is 36.2 Å². The fraction of sp³-hybridized carbons (Fsp3) is 0.312. The van der Waals surface area contributed by atoms with Gasteiger partial charge in [-0.3, -0.25) is 0 Å². The maximum absolute atomic E-state index is 6.09. The Morgan fingerprint density at radius 1 is 1.09 bits per heavy atom. The first-order chi connectivity index (χ1) is 11.0. The third-order valence-corrected chi connectivity index (χ3v) is 3.26. The molecule has 0 saturated heterocycles. The minimum absolute atomic E-state index is 0.492. The summed E-state index contributed by atoms with van der Waals surface area (Å²) in [6.45, 7) is 3.62. The van der Waals surface area contributed by atoms with E-state index < -0.39 is 0 Å². The quantitative estimate of drug-likeness (QED) is 0.871. The van der Waals surface area contributed by atoms with E-state index in [-0.39, 0.29) is 0 Å². The third kappa shape index (κ3) is 3.50. The summed E-state index contributed by atoms with van der Waals surface area (Å²) < 4.78 is 10.6. The standard InChI is InChI=1S/C16H21N5O2/c1-9(17)14(15-19-10(2)20-16(18-3)21-15)11-6-7-12(22-4)13(8-11)23-5/h6-8H,17H2,1-5H3,(H,18,19,20,21). The van der Waals surface area contributed by atoms with Crippen molar-refractivity contribution in [1.82, 2.24) is 15.0 Å². The summed E-state index contributed by atoms with van der Waals surface area (Å²) in [5.41, 5.74) is 8.27. The van der Waals surface area contributed by atoms with Gasteiger partial charge in [-0.1, -0.05) is 6.07 Å². The first-order valence-electron chi connectivity index (χ1n) is 7.09. The molecule has 3 N–H and O–H groups in total. The number of nitrogens with one attached hydrogen (secondary N) is 1. The fourth-order valence-electron chi connectivity index (χ4n) is 2.23. The van der Waals surface area contributed by atoms with Gasteiger partial charge in [-0.05, 0) is 31.5 Å². The Balaban J connectivity index is 2.61. The Morgan fingerprint density at radius 3 is 2.35 bits per heavy atom. The lowest BCUT2D eigenvalue weighted by Gasteiger charge is -2.13. The molecule has 122 valence electrons. The third-order valence-electron chi connectivity index (χ3n) is 3.26. The van der Waals surface area contributed by atoms with Crippen molar-refractivity contribution in [2.24, 2.45) is 5.73 Å². The molecule has 0 unspecified atom stereocenters. The van der Waals surface area contributed by atoms with Gasteiger partial charge in [0.2, 0.25) is 5.95 Å². The van der Waals surface area contributed by atoms with Crippen LogP contribution in [0.25, 0.3) is 5.57 Å². The van der Waals surface area contributed by atoms with E-state index in [0.717, 1.165) is 11.1 Å². The predicted octanol–water partition coefficient (Wildman–Crippen LogP) is 1.98. The highest BCUT2D eigenvalue weighted by Crippen LogP contribution is 2.32. The zero-order valence-electron chi connectivity index (χ0n) is 14.0. The Bertz CT molecular complexity index is 739. The monoisotopic (exact) mass is 315 g/mol. The average Bonchev–Trinajstić information content (AvgIpc) is 2.53. The number of aromatic nitrogens is 3. The van der Waals surface area contributed by atoms with Crippen LogP contribution in [0.1, 0.15) is 24.1 Å². The van der Waals surface area contributed by atoms with Crippen LogP contribution in [0.2, 0.25) is 0 Å². The molecule has 7 heteroatoms. The van der Waals surface area contributed by atoms with Gasteiger partial charge < -0.3 is 20.5 Å². The van der Waals surface area contributed by atoms with Crippen molar-refractivity contribution in [2.75, 3.05) is 26.6 Å². The largest absolute Gasteiger partial charge is 0.493 e. The van der Waals surface area contributed by atoms with Crippen LogP contribution in [0, 0.1) is 6.92 Å². The number of ether oxygens (including phenoxy) is 2.